The first-order chi connectivity index (χ1) is 7.15. The first kappa shape index (κ1) is 12.3. The Morgan fingerprint density at radius 2 is 2.40 bits per heavy atom. The average molecular weight is 228 g/mol. The topological polar surface area (TPSA) is 43.4 Å². The van der Waals surface area contributed by atoms with Crippen LogP contribution in [0.15, 0.2) is 12.2 Å². The highest BCUT2D eigenvalue weighted by molar-refractivity contribution is 7.81. The number of ether oxygens (including phenoxy) is 1. The predicted octanol–water partition coefficient (Wildman–Crippen LogP) is 1.77. The zero-order valence-electron chi connectivity index (χ0n) is 8.81. The second-order valence-electron chi connectivity index (χ2n) is 3.53. The third-order valence-corrected chi connectivity index (χ3v) is 2.85. The Bertz CT molecular complexity index is 273. The van der Waals surface area contributed by atoms with E-state index in [1.807, 2.05) is 12.2 Å². The Kier molecular flexibility index (Phi) is 4.88. The number of thiol groups is 1. The van der Waals surface area contributed by atoms with Gasteiger partial charge in [-0.15, -0.1) is 0 Å². The maximum absolute atomic E-state index is 11.6. The Hall–Kier alpha value is -0.770. The summed E-state index contributed by atoms with van der Waals surface area (Å²) in [4.78, 5) is 22.7. The van der Waals surface area contributed by atoms with E-state index >= 15 is 0 Å². The normalized spacial score (nSPS) is 25.3. The predicted molar refractivity (Wildman–Crippen MR) is 60.9 cm³/mol. The van der Waals surface area contributed by atoms with Gasteiger partial charge in [0.1, 0.15) is 0 Å². The maximum atomic E-state index is 11.6. The number of carbonyl (C=O) groups is 2. The summed E-state index contributed by atoms with van der Waals surface area (Å²) in [5, 5.41) is -0.206. The lowest BCUT2D eigenvalue weighted by Crippen LogP contribution is -2.26. The number of carbonyl (C=O) groups excluding carboxylic acids is 2. The Morgan fingerprint density at radius 3 is 3.07 bits per heavy atom. The van der Waals surface area contributed by atoms with E-state index in [2.05, 4.69) is 12.6 Å². The molecule has 2 unspecified atom stereocenters. The number of hydrogen-bond acceptors (Lipinski definition) is 4. The van der Waals surface area contributed by atoms with Gasteiger partial charge in [-0.3, -0.25) is 9.59 Å². The monoisotopic (exact) mass is 228 g/mol. The van der Waals surface area contributed by atoms with Gasteiger partial charge < -0.3 is 4.74 Å². The van der Waals surface area contributed by atoms with Crippen molar-refractivity contribution in [3.8, 4) is 0 Å². The van der Waals surface area contributed by atoms with Crippen LogP contribution in [0.1, 0.15) is 26.2 Å². The number of allylic oxidation sites excluding steroid dienone is 2. The van der Waals surface area contributed by atoms with Crippen molar-refractivity contribution < 1.29 is 14.3 Å². The second kappa shape index (κ2) is 5.95. The number of ketones is 1. The molecule has 0 radical (unpaired) electrons. The number of esters is 1. The summed E-state index contributed by atoms with van der Waals surface area (Å²) < 4.78 is 4.80. The largest absolute Gasteiger partial charge is 0.466 e. The number of rotatable bonds is 4. The van der Waals surface area contributed by atoms with Crippen LogP contribution in [-0.4, -0.2) is 23.6 Å². The van der Waals surface area contributed by atoms with Crippen LogP contribution < -0.4 is 0 Å². The first-order valence-corrected chi connectivity index (χ1v) is 5.71. The van der Waals surface area contributed by atoms with Crippen LogP contribution in [0.2, 0.25) is 0 Å². The molecule has 1 aliphatic carbocycles. The maximum Gasteiger partial charge on any atom is 0.305 e. The quantitative estimate of drug-likeness (QED) is 0.453. The van der Waals surface area contributed by atoms with Crippen molar-refractivity contribution in [1.82, 2.24) is 0 Å². The lowest BCUT2D eigenvalue weighted by Gasteiger charge is -2.19. The fourth-order valence-corrected chi connectivity index (χ4v) is 1.89. The van der Waals surface area contributed by atoms with Gasteiger partial charge in [0.05, 0.1) is 11.9 Å². The Morgan fingerprint density at radius 1 is 1.67 bits per heavy atom. The molecule has 0 heterocycles. The molecule has 3 nitrogen and oxygen atoms in total. The van der Waals surface area contributed by atoms with Crippen molar-refractivity contribution in [1.29, 1.82) is 0 Å². The van der Waals surface area contributed by atoms with Crippen molar-refractivity contribution in [2.24, 2.45) is 5.92 Å². The van der Waals surface area contributed by atoms with E-state index in [0.717, 1.165) is 0 Å². The van der Waals surface area contributed by atoms with Gasteiger partial charge in [0.25, 0.3) is 0 Å². The van der Waals surface area contributed by atoms with Crippen LogP contribution in [-0.2, 0) is 14.3 Å². The van der Waals surface area contributed by atoms with Crippen LogP contribution in [0.25, 0.3) is 0 Å². The van der Waals surface area contributed by atoms with E-state index in [0.29, 0.717) is 25.9 Å². The molecule has 4 heteroatoms. The van der Waals surface area contributed by atoms with Crippen LogP contribution in [0, 0.1) is 5.92 Å². The van der Waals surface area contributed by atoms with Gasteiger partial charge in [-0.2, -0.15) is 12.6 Å². The summed E-state index contributed by atoms with van der Waals surface area (Å²) in [7, 11) is 0. The third kappa shape index (κ3) is 3.70. The van der Waals surface area contributed by atoms with Gasteiger partial charge in [0.2, 0.25) is 0 Å². The zero-order chi connectivity index (χ0) is 11.3. The van der Waals surface area contributed by atoms with Crippen LogP contribution >= 0.6 is 12.6 Å². The van der Waals surface area contributed by atoms with Gasteiger partial charge in [0.15, 0.2) is 5.78 Å². The van der Waals surface area contributed by atoms with Crippen molar-refractivity contribution in [3.63, 3.8) is 0 Å². The first-order valence-electron chi connectivity index (χ1n) is 5.19. The molecule has 0 amide bonds. The minimum atomic E-state index is -0.236. The Balaban J connectivity index is 2.38. The molecule has 0 saturated heterocycles. The van der Waals surface area contributed by atoms with E-state index in [1.165, 1.54) is 0 Å². The zero-order valence-corrected chi connectivity index (χ0v) is 9.70. The summed E-state index contributed by atoms with van der Waals surface area (Å²) in [6.45, 7) is 2.16. The standard InChI is InChI=1S/C11H16O3S/c1-2-14-10(12)7-6-8-4-3-5-9(15)11(8)13/h3-4,8-9,15H,2,5-7H2,1H3. The Labute approximate surface area is 95.3 Å². The van der Waals surface area contributed by atoms with Gasteiger partial charge in [-0.1, -0.05) is 12.2 Å². The molecule has 2 atom stereocenters. The summed E-state index contributed by atoms with van der Waals surface area (Å²) in [5.74, 6) is -0.282. The lowest BCUT2D eigenvalue weighted by molar-refractivity contribution is -0.143. The highest BCUT2D eigenvalue weighted by Gasteiger charge is 2.25. The van der Waals surface area contributed by atoms with Crippen LogP contribution in [0.3, 0.4) is 0 Å². The van der Waals surface area contributed by atoms with Gasteiger partial charge >= 0.3 is 5.97 Å². The van der Waals surface area contributed by atoms with Crippen molar-refractivity contribution >= 4 is 24.4 Å². The minimum Gasteiger partial charge on any atom is -0.466 e. The molecule has 0 N–H and O–H groups in total. The molecule has 15 heavy (non-hydrogen) atoms. The highest BCUT2D eigenvalue weighted by atomic mass is 32.1. The lowest BCUT2D eigenvalue weighted by atomic mass is 9.90. The van der Waals surface area contributed by atoms with Crippen molar-refractivity contribution in [2.45, 2.75) is 31.4 Å². The smallest absolute Gasteiger partial charge is 0.305 e. The molecule has 84 valence electrons. The molecular weight excluding hydrogens is 212 g/mol. The highest BCUT2D eigenvalue weighted by Crippen LogP contribution is 2.22. The fourth-order valence-electron chi connectivity index (χ4n) is 1.57. The molecule has 0 aromatic carbocycles. The molecule has 0 spiro atoms. The molecule has 0 bridgehead atoms. The molecule has 1 rings (SSSR count). The van der Waals surface area contributed by atoms with Crippen molar-refractivity contribution in [2.75, 3.05) is 6.61 Å². The van der Waals surface area contributed by atoms with Crippen LogP contribution in [0.5, 0.6) is 0 Å². The molecule has 0 aromatic heterocycles. The molecule has 0 aromatic rings. The number of hydrogen-bond donors (Lipinski definition) is 1. The van der Waals surface area contributed by atoms with E-state index in [4.69, 9.17) is 4.74 Å². The second-order valence-corrected chi connectivity index (χ2v) is 4.16. The van der Waals surface area contributed by atoms with E-state index in [1.54, 1.807) is 6.92 Å². The van der Waals surface area contributed by atoms with Crippen LogP contribution in [0.4, 0.5) is 0 Å². The molecule has 0 saturated carbocycles. The molecule has 1 aliphatic rings. The minimum absolute atomic E-state index is 0.116. The summed E-state index contributed by atoms with van der Waals surface area (Å²) in [6, 6.07) is 0. The number of Topliss-reactive ketones (excluding diaryl/α,β-unsaturated/α-hetero) is 1. The SMILES string of the molecule is CCOC(=O)CCC1C=CCC(S)C1=O. The third-order valence-electron chi connectivity index (χ3n) is 2.39. The summed E-state index contributed by atoms with van der Waals surface area (Å²) >= 11 is 4.18. The molecule has 0 aliphatic heterocycles. The average Bonchev–Trinajstić information content (AvgIpc) is 2.21. The summed E-state index contributed by atoms with van der Waals surface area (Å²) in [5.41, 5.74) is 0. The molecular formula is C11H16O3S. The molecule has 0 fully saturated rings. The van der Waals surface area contributed by atoms with E-state index < -0.39 is 0 Å². The van der Waals surface area contributed by atoms with Gasteiger partial charge in [0, 0.05) is 12.3 Å². The van der Waals surface area contributed by atoms with Crippen molar-refractivity contribution in [3.05, 3.63) is 12.2 Å². The van der Waals surface area contributed by atoms with Gasteiger partial charge in [-0.05, 0) is 19.8 Å². The fraction of sp³-hybridized carbons (Fsp3) is 0.636. The van der Waals surface area contributed by atoms with Gasteiger partial charge in [-0.25, -0.2) is 0 Å². The van der Waals surface area contributed by atoms with E-state index in [-0.39, 0.29) is 22.9 Å². The van der Waals surface area contributed by atoms with E-state index in [9.17, 15) is 9.59 Å². The summed E-state index contributed by atoms with van der Waals surface area (Å²) in [6.07, 6.45) is 5.35.